The lowest BCUT2D eigenvalue weighted by Crippen LogP contribution is -2.41. The zero-order valence-corrected chi connectivity index (χ0v) is 7.48. The number of hydrazone groups is 1. The van der Waals surface area contributed by atoms with Crippen LogP contribution in [0.15, 0.2) is 5.10 Å². The number of methoxy groups -OCH3 is 1. The third-order valence-corrected chi connectivity index (χ3v) is 1.74. The first-order valence-corrected chi connectivity index (χ1v) is 3.85. The highest BCUT2D eigenvalue weighted by molar-refractivity contribution is 6.44. The maximum atomic E-state index is 11.2. The first-order chi connectivity index (χ1) is 6.11. The van der Waals surface area contributed by atoms with E-state index in [1.165, 1.54) is 7.11 Å². The molecule has 1 unspecified atom stereocenters. The Balaban J connectivity index is 2.87. The molecule has 13 heavy (non-hydrogen) atoms. The van der Waals surface area contributed by atoms with Crippen molar-refractivity contribution in [2.24, 2.45) is 10.8 Å². The van der Waals surface area contributed by atoms with Crippen molar-refractivity contribution >= 4 is 17.6 Å². The van der Waals surface area contributed by atoms with Gasteiger partial charge in [-0.1, -0.05) is 0 Å². The van der Waals surface area contributed by atoms with Gasteiger partial charge in [0.25, 0.3) is 5.91 Å². The minimum atomic E-state index is -0.979. The molecule has 2 N–H and O–H groups in total. The number of hydrogen-bond donors (Lipinski definition) is 1. The van der Waals surface area contributed by atoms with Crippen LogP contribution in [-0.4, -0.2) is 42.3 Å². The molecule has 0 spiro atoms. The van der Waals surface area contributed by atoms with E-state index in [9.17, 15) is 9.59 Å². The number of rotatable bonds is 2. The lowest BCUT2D eigenvalue weighted by molar-refractivity contribution is -0.133. The Morgan fingerprint density at radius 3 is 2.77 bits per heavy atom. The number of likely N-dealkylation sites (N-methyl/N-ethyl adjacent to an activating group) is 1. The highest BCUT2D eigenvalue weighted by Gasteiger charge is 2.36. The average molecular weight is 185 g/mol. The maximum Gasteiger partial charge on any atom is 0.356 e. The number of esters is 1. The second kappa shape index (κ2) is 3.53. The fraction of sp³-hybridized carbons (Fsp3) is 0.571. The van der Waals surface area contributed by atoms with E-state index in [4.69, 9.17) is 5.73 Å². The van der Waals surface area contributed by atoms with Crippen molar-refractivity contribution < 1.29 is 14.3 Å². The lowest BCUT2D eigenvalue weighted by atomic mass is 10.2. The molecule has 1 aliphatic rings. The maximum absolute atomic E-state index is 11.2. The molecule has 1 heterocycles. The van der Waals surface area contributed by atoms with Crippen molar-refractivity contribution in [1.29, 1.82) is 0 Å². The Bertz CT molecular complexity index is 274. The van der Waals surface area contributed by atoms with Gasteiger partial charge in [0.2, 0.25) is 0 Å². The number of ether oxygens (including phenoxy) is 1. The van der Waals surface area contributed by atoms with Crippen LogP contribution in [-0.2, 0) is 14.3 Å². The van der Waals surface area contributed by atoms with Crippen molar-refractivity contribution in [3.05, 3.63) is 0 Å². The van der Waals surface area contributed by atoms with Gasteiger partial charge in [-0.15, -0.1) is 0 Å². The summed E-state index contributed by atoms with van der Waals surface area (Å²) in [6.45, 7) is 2.14. The summed E-state index contributed by atoms with van der Waals surface area (Å²) >= 11 is 0. The van der Waals surface area contributed by atoms with Crippen LogP contribution >= 0.6 is 0 Å². The third-order valence-electron chi connectivity index (χ3n) is 1.74. The molecule has 1 atom stereocenters. The highest BCUT2D eigenvalue weighted by Crippen LogP contribution is 2.07. The zero-order valence-electron chi connectivity index (χ0n) is 7.48. The fourth-order valence-electron chi connectivity index (χ4n) is 1.02. The summed E-state index contributed by atoms with van der Waals surface area (Å²) in [4.78, 5) is 22.3. The molecular formula is C7H11N3O3. The monoisotopic (exact) mass is 185 g/mol. The summed E-state index contributed by atoms with van der Waals surface area (Å²) in [7, 11) is 1.22. The highest BCUT2D eigenvalue weighted by atomic mass is 16.5. The molecule has 0 saturated heterocycles. The van der Waals surface area contributed by atoms with Gasteiger partial charge in [-0.3, -0.25) is 4.79 Å². The molecule has 0 aromatic heterocycles. The summed E-state index contributed by atoms with van der Waals surface area (Å²) in [5, 5.41) is 4.89. The normalized spacial score (nSPS) is 21.8. The molecule has 0 aromatic rings. The molecule has 1 aliphatic heterocycles. The molecule has 0 saturated carbocycles. The van der Waals surface area contributed by atoms with E-state index >= 15 is 0 Å². The fourth-order valence-corrected chi connectivity index (χ4v) is 1.02. The molecule has 0 radical (unpaired) electrons. The second-order valence-electron chi connectivity index (χ2n) is 2.51. The molecule has 0 aliphatic carbocycles. The van der Waals surface area contributed by atoms with Crippen LogP contribution in [0.4, 0.5) is 0 Å². The Labute approximate surface area is 75.3 Å². The first-order valence-electron chi connectivity index (χ1n) is 3.85. The Kier molecular flexibility index (Phi) is 2.62. The van der Waals surface area contributed by atoms with Gasteiger partial charge in [-0.2, -0.15) is 5.10 Å². The lowest BCUT2D eigenvalue weighted by Gasteiger charge is -2.07. The van der Waals surface area contributed by atoms with E-state index in [0.29, 0.717) is 6.54 Å². The SMILES string of the molecule is CCN1N=C(C(=O)OC)C(N)C1=O. The number of amides is 1. The van der Waals surface area contributed by atoms with E-state index in [1.54, 1.807) is 6.92 Å². The number of hydrogen-bond acceptors (Lipinski definition) is 5. The Hall–Kier alpha value is -1.43. The second-order valence-corrected chi connectivity index (χ2v) is 2.51. The van der Waals surface area contributed by atoms with Crippen LogP contribution in [0.3, 0.4) is 0 Å². The van der Waals surface area contributed by atoms with E-state index in [1.807, 2.05) is 0 Å². The molecule has 72 valence electrons. The van der Waals surface area contributed by atoms with Crippen LogP contribution in [0.2, 0.25) is 0 Å². The quantitative estimate of drug-likeness (QED) is 0.542. The van der Waals surface area contributed by atoms with Crippen molar-refractivity contribution in [3.8, 4) is 0 Å². The molecule has 1 rings (SSSR count). The summed E-state index contributed by atoms with van der Waals surface area (Å²) in [6.07, 6.45) is 0. The first kappa shape index (κ1) is 9.66. The van der Waals surface area contributed by atoms with Crippen LogP contribution in [0.25, 0.3) is 0 Å². The minimum absolute atomic E-state index is 0.0330. The van der Waals surface area contributed by atoms with Gasteiger partial charge >= 0.3 is 5.97 Å². The van der Waals surface area contributed by atoms with E-state index in [0.717, 1.165) is 5.01 Å². The van der Waals surface area contributed by atoms with Gasteiger partial charge in [0.05, 0.1) is 7.11 Å². The zero-order chi connectivity index (χ0) is 10.0. The van der Waals surface area contributed by atoms with Crippen molar-refractivity contribution in [1.82, 2.24) is 5.01 Å². The number of carbonyl (C=O) groups is 2. The predicted molar refractivity (Wildman–Crippen MR) is 44.8 cm³/mol. The van der Waals surface area contributed by atoms with Crippen molar-refractivity contribution in [2.45, 2.75) is 13.0 Å². The molecule has 0 fully saturated rings. The van der Waals surface area contributed by atoms with Gasteiger partial charge in [-0.05, 0) is 6.92 Å². The van der Waals surface area contributed by atoms with Crippen LogP contribution in [0.1, 0.15) is 6.92 Å². The summed E-state index contributed by atoms with van der Waals surface area (Å²) < 4.78 is 4.42. The predicted octanol–water partition coefficient (Wildman–Crippen LogP) is -1.30. The van der Waals surface area contributed by atoms with E-state index in [-0.39, 0.29) is 11.6 Å². The van der Waals surface area contributed by atoms with E-state index < -0.39 is 12.0 Å². The van der Waals surface area contributed by atoms with Gasteiger partial charge in [0.1, 0.15) is 6.04 Å². The van der Waals surface area contributed by atoms with Crippen molar-refractivity contribution in [3.63, 3.8) is 0 Å². The topological polar surface area (TPSA) is 85.0 Å². The Morgan fingerprint density at radius 1 is 1.77 bits per heavy atom. The van der Waals surface area contributed by atoms with Crippen LogP contribution < -0.4 is 5.73 Å². The largest absolute Gasteiger partial charge is 0.464 e. The summed E-state index contributed by atoms with van der Waals surface area (Å²) in [5.41, 5.74) is 5.41. The number of nitrogens with zero attached hydrogens (tertiary/aromatic N) is 2. The molecule has 1 amide bonds. The average Bonchev–Trinajstić information content (AvgIpc) is 2.43. The van der Waals surface area contributed by atoms with Gasteiger partial charge in [0, 0.05) is 6.54 Å². The van der Waals surface area contributed by atoms with Crippen LogP contribution in [0, 0.1) is 0 Å². The minimum Gasteiger partial charge on any atom is -0.464 e. The molecular weight excluding hydrogens is 174 g/mol. The molecule has 6 heteroatoms. The molecule has 0 bridgehead atoms. The summed E-state index contributed by atoms with van der Waals surface area (Å²) in [6, 6.07) is -0.979. The number of carbonyl (C=O) groups excluding carboxylic acids is 2. The van der Waals surface area contributed by atoms with Gasteiger partial charge in [-0.25, -0.2) is 9.80 Å². The van der Waals surface area contributed by atoms with Crippen LogP contribution in [0.5, 0.6) is 0 Å². The van der Waals surface area contributed by atoms with E-state index in [2.05, 4.69) is 9.84 Å². The Morgan fingerprint density at radius 2 is 2.38 bits per heavy atom. The third kappa shape index (κ3) is 1.52. The molecule has 0 aromatic carbocycles. The smallest absolute Gasteiger partial charge is 0.356 e. The van der Waals surface area contributed by atoms with Crippen molar-refractivity contribution in [2.75, 3.05) is 13.7 Å². The number of nitrogens with two attached hydrogens (primary N) is 1. The van der Waals surface area contributed by atoms with Gasteiger partial charge in [0.15, 0.2) is 5.71 Å². The van der Waals surface area contributed by atoms with Gasteiger partial charge < -0.3 is 10.5 Å². The standard InChI is InChI=1S/C7H11N3O3/c1-3-10-6(11)4(8)5(9-10)7(12)13-2/h4H,3,8H2,1-2H3. The summed E-state index contributed by atoms with van der Waals surface area (Å²) in [5.74, 6) is -1.03. The molecule has 6 nitrogen and oxygen atoms in total.